The first-order chi connectivity index (χ1) is 14.6. The van der Waals surface area contributed by atoms with Crippen LogP contribution in [-0.2, 0) is 10.4 Å². The fourth-order valence-corrected chi connectivity index (χ4v) is 5.04. The van der Waals surface area contributed by atoms with Gasteiger partial charge in [0.25, 0.3) is 6.47 Å². The number of anilines is 2. The number of carbonyl (C=O) groups is 1. The Morgan fingerprint density at radius 1 is 1.20 bits per heavy atom. The second-order valence-corrected chi connectivity index (χ2v) is 7.83. The molecule has 0 spiro atoms. The molecule has 3 aromatic rings. The Bertz CT molecular complexity index is 1010. The maximum absolute atomic E-state index is 11.7. The van der Waals surface area contributed by atoms with Crippen molar-refractivity contribution in [1.82, 2.24) is 19.6 Å². The molecule has 0 amide bonds. The van der Waals surface area contributed by atoms with Gasteiger partial charge in [0.1, 0.15) is 12.1 Å². The Balaban J connectivity index is 0.000000687. The third kappa shape index (κ3) is 3.45. The van der Waals surface area contributed by atoms with E-state index in [1.54, 1.807) is 10.7 Å². The van der Waals surface area contributed by atoms with E-state index in [0.29, 0.717) is 18.0 Å². The maximum atomic E-state index is 11.7. The lowest BCUT2D eigenvalue weighted by molar-refractivity contribution is -0.122. The molecule has 30 heavy (non-hydrogen) atoms. The molecule has 3 heterocycles. The Kier molecular flexibility index (Phi) is 5.54. The summed E-state index contributed by atoms with van der Waals surface area (Å²) in [7, 11) is 0. The van der Waals surface area contributed by atoms with Crippen LogP contribution in [0.3, 0.4) is 0 Å². The van der Waals surface area contributed by atoms with E-state index in [1.807, 2.05) is 24.3 Å². The molecule has 0 unspecified atom stereocenters. The zero-order valence-electron chi connectivity index (χ0n) is 16.6. The van der Waals surface area contributed by atoms with E-state index in [9.17, 15) is 5.11 Å². The van der Waals surface area contributed by atoms with Gasteiger partial charge in [0.05, 0.1) is 5.60 Å². The van der Waals surface area contributed by atoms with E-state index >= 15 is 0 Å². The molecular weight excluding hydrogens is 384 g/mol. The predicted octanol–water partition coefficient (Wildman–Crippen LogP) is 2.06. The summed E-state index contributed by atoms with van der Waals surface area (Å²) in [5, 5.41) is 26.6. The van der Waals surface area contributed by atoms with Gasteiger partial charge in [-0.3, -0.25) is 9.20 Å². The molecule has 9 nitrogen and oxygen atoms in total. The summed E-state index contributed by atoms with van der Waals surface area (Å²) in [6, 6.07) is 12.3. The minimum Gasteiger partial charge on any atom is -0.483 e. The number of nitrogens with two attached hydrogens (primary N) is 1. The number of nitrogens with zero attached hydrogens (tertiary/aromatic N) is 5. The number of aromatic nitrogens is 4. The van der Waals surface area contributed by atoms with Crippen LogP contribution in [0, 0.1) is 5.92 Å². The summed E-state index contributed by atoms with van der Waals surface area (Å²) in [6.45, 7) is 0.489. The highest BCUT2D eigenvalue weighted by molar-refractivity contribution is 5.56. The summed E-state index contributed by atoms with van der Waals surface area (Å²) in [6.07, 6.45) is 6.66. The summed E-state index contributed by atoms with van der Waals surface area (Å²) < 4.78 is 1.69. The molecular formula is C21H26N6O3. The van der Waals surface area contributed by atoms with Crippen LogP contribution in [0.25, 0.3) is 5.65 Å². The largest absolute Gasteiger partial charge is 0.483 e. The zero-order chi connectivity index (χ0) is 21.1. The highest BCUT2D eigenvalue weighted by Gasteiger charge is 2.49. The number of carboxylic acid groups (broad SMARTS) is 1. The standard InChI is InChI=1S/C20H24N6O.CH2O2/c21-19-23-17(12-18-24-22-13-26(18)19)25-11-10-20(27,14-6-2-1-3-7-14)15-8-4-5-9-16(15)25;2-1-3/h1-3,6-7,12-13,15-16,27H,4-5,8-11H2,(H2,21,23);1H,(H,2,3)/t15-,16+,20+;/m0./s1. The number of aliphatic hydroxyl groups is 1. The van der Waals surface area contributed by atoms with Gasteiger partial charge in [-0.1, -0.05) is 43.2 Å². The van der Waals surface area contributed by atoms with Crippen LogP contribution in [0.4, 0.5) is 11.8 Å². The average Bonchev–Trinajstić information content (AvgIpc) is 3.25. The molecule has 1 aromatic carbocycles. The summed E-state index contributed by atoms with van der Waals surface area (Å²) in [5.74, 6) is 1.41. The van der Waals surface area contributed by atoms with Crippen molar-refractivity contribution in [3.05, 3.63) is 48.3 Å². The Labute approximate surface area is 174 Å². The molecule has 1 aliphatic heterocycles. The minimum absolute atomic E-state index is 0.180. The number of piperidine rings is 1. The molecule has 4 N–H and O–H groups in total. The lowest BCUT2D eigenvalue weighted by atomic mass is 9.66. The summed E-state index contributed by atoms with van der Waals surface area (Å²) in [4.78, 5) is 15.3. The van der Waals surface area contributed by atoms with Gasteiger partial charge in [-0.15, -0.1) is 10.2 Å². The third-order valence-electron chi connectivity index (χ3n) is 6.35. The van der Waals surface area contributed by atoms with E-state index in [1.165, 1.54) is 6.42 Å². The van der Waals surface area contributed by atoms with Gasteiger partial charge < -0.3 is 20.8 Å². The van der Waals surface area contributed by atoms with Crippen LogP contribution in [0.5, 0.6) is 0 Å². The quantitative estimate of drug-likeness (QED) is 0.548. The molecule has 5 rings (SSSR count). The molecule has 0 radical (unpaired) electrons. The number of benzene rings is 1. The normalized spacial score (nSPS) is 25.8. The second kappa shape index (κ2) is 8.27. The number of nitrogen functional groups attached to an aromatic ring is 1. The molecule has 1 saturated carbocycles. The first-order valence-electron chi connectivity index (χ1n) is 10.2. The fraction of sp³-hybridized carbons (Fsp3) is 0.429. The van der Waals surface area contributed by atoms with Crippen LogP contribution in [-0.4, -0.2) is 48.9 Å². The van der Waals surface area contributed by atoms with Crippen molar-refractivity contribution in [2.24, 2.45) is 5.92 Å². The topological polar surface area (TPSA) is 130 Å². The molecule has 3 atom stereocenters. The highest BCUT2D eigenvalue weighted by Crippen LogP contribution is 2.47. The predicted molar refractivity (Wildman–Crippen MR) is 112 cm³/mol. The van der Waals surface area contributed by atoms with Crippen molar-refractivity contribution in [3.63, 3.8) is 0 Å². The van der Waals surface area contributed by atoms with Gasteiger partial charge >= 0.3 is 0 Å². The van der Waals surface area contributed by atoms with Crippen LogP contribution >= 0.6 is 0 Å². The number of hydrogen-bond acceptors (Lipinski definition) is 7. The average molecular weight is 410 g/mol. The molecule has 1 aliphatic carbocycles. The van der Waals surface area contributed by atoms with Crippen molar-refractivity contribution in [2.75, 3.05) is 17.2 Å². The van der Waals surface area contributed by atoms with Gasteiger partial charge in [-0.2, -0.15) is 4.98 Å². The van der Waals surface area contributed by atoms with Crippen molar-refractivity contribution < 1.29 is 15.0 Å². The molecule has 9 heteroatoms. The van der Waals surface area contributed by atoms with Gasteiger partial charge in [0.15, 0.2) is 5.65 Å². The van der Waals surface area contributed by atoms with Gasteiger partial charge in [0.2, 0.25) is 5.95 Å². The monoisotopic (exact) mass is 410 g/mol. The van der Waals surface area contributed by atoms with Crippen LogP contribution in [0.2, 0.25) is 0 Å². The SMILES string of the molecule is Nc1nc(N2CC[C@@](O)(c3ccccc3)[C@H]3CCCC[C@H]32)cc2nncn12.O=CO. The Morgan fingerprint density at radius 3 is 2.70 bits per heavy atom. The lowest BCUT2D eigenvalue weighted by Crippen LogP contribution is -2.57. The lowest BCUT2D eigenvalue weighted by Gasteiger charge is -2.53. The number of hydrogen-bond donors (Lipinski definition) is 3. The van der Waals surface area contributed by atoms with Crippen LogP contribution in [0.15, 0.2) is 42.7 Å². The van der Waals surface area contributed by atoms with Gasteiger partial charge in [-0.05, 0) is 24.8 Å². The number of rotatable bonds is 2. The highest BCUT2D eigenvalue weighted by atomic mass is 16.3. The molecule has 2 aromatic heterocycles. The van der Waals surface area contributed by atoms with E-state index in [2.05, 4.69) is 32.2 Å². The maximum Gasteiger partial charge on any atom is 0.290 e. The summed E-state index contributed by atoms with van der Waals surface area (Å²) in [5.41, 5.74) is 7.06. The van der Waals surface area contributed by atoms with E-state index in [-0.39, 0.29) is 18.4 Å². The van der Waals surface area contributed by atoms with Gasteiger partial charge in [0, 0.05) is 24.6 Å². The second-order valence-electron chi connectivity index (χ2n) is 7.83. The van der Waals surface area contributed by atoms with Crippen molar-refractivity contribution in [1.29, 1.82) is 0 Å². The fourth-order valence-electron chi connectivity index (χ4n) is 5.04. The molecule has 0 bridgehead atoms. The Morgan fingerprint density at radius 2 is 1.93 bits per heavy atom. The number of fused-ring (bicyclic) bond motifs is 2. The smallest absolute Gasteiger partial charge is 0.290 e. The minimum atomic E-state index is -0.784. The van der Waals surface area contributed by atoms with E-state index in [4.69, 9.17) is 15.6 Å². The first kappa shape index (κ1) is 20.1. The first-order valence-corrected chi connectivity index (χ1v) is 10.2. The van der Waals surface area contributed by atoms with Crippen molar-refractivity contribution in [3.8, 4) is 0 Å². The van der Waals surface area contributed by atoms with Crippen LogP contribution < -0.4 is 10.6 Å². The van der Waals surface area contributed by atoms with E-state index in [0.717, 1.165) is 37.2 Å². The van der Waals surface area contributed by atoms with Crippen molar-refractivity contribution in [2.45, 2.75) is 43.7 Å². The summed E-state index contributed by atoms with van der Waals surface area (Å²) >= 11 is 0. The van der Waals surface area contributed by atoms with Crippen molar-refractivity contribution >= 4 is 23.9 Å². The van der Waals surface area contributed by atoms with Crippen LogP contribution in [0.1, 0.15) is 37.7 Å². The van der Waals surface area contributed by atoms with E-state index < -0.39 is 5.60 Å². The van der Waals surface area contributed by atoms with Gasteiger partial charge in [-0.25, -0.2) is 0 Å². The molecule has 1 saturated heterocycles. The zero-order valence-corrected chi connectivity index (χ0v) is 16.6. The Hall–Kier alpha value is -3.20. The third-order valence-corrected chi connectivity index (χ3v) is 6.35. The molecule has 2 aliphatic rings. The molecule has 2 fully saturated rings. The molecule has 158 valence electrons.